The summed E-state index contributed by atoms with van der Waals surface area (Å²) in [5.74, 6) is 0.0139. The van der Waals surface area contributed by atoms with Gasteiger partial charge in [-0.05, 0) is 49.7 Å². The minimum atomic E-state index is -3.67. The first-order valence-electron chi connectivity index (χ1n) is 8.40. The monoisotopic (exact) mass is 376 g/mol. The Labute approximate surface area is 154 Å². The van der Waals surface area contributed by atoms with E-state index >= 15 is 0 Å². The van der Waals surface area contributed by atoms with E-state index in [-0.39, 0.29) is 22.9 Å². The smallest absolute Gasteiger partial charge is 0.262 e. The Kier molecular flexibility index (Phi) is 6.39. The van der Waals surface area contributed by atoms with Crippen molar-refractivity contribution in [1.29, 1.82) is 0 Å². The van der Waals surface area contributed by atoms with Crippen LogP contribution in [0.3, 0.4) is 0 Å². The molecule has 2 aromatic rings. The molecule has 0 saturated carbocycles. The second kappa shape index (κ2) is 8.33. The molecule has 0 heterocycles. The Hall–Kier alpha value is -2.38. The molecule has 0 atom stereocenters. The Balaban J connectivity index is 2.52. The Bertz CT molecular complexity index is 894. The lowest BCUT2D eigenvalue weighted by molar-refractivity contribution is 0.0985. The van der Waals surface area contributed by atoms with Gasteiger partial charge in [0.05, 0.1) is 17.6 Å². The van der Waals surface area contributed by atoms with E-state index in [0.29, 0.717) is 12.3 Å². The molecule has 26 heavy (non-hydrogen) atoms. The van der Waals surface area contributed by atoms with Crippen LogP contribution < -0.4 is 14.4 Å². The molecule has 0 aliphatic rings. The number of hydrogen-bond donors (Lipinski definition) is 1. The van der Waals surface area contributed by atoms with Gasteiger partial charge in [-0.3, -0.25) is 4.79 Å². The molecule has 1 N–H and O–H groups in total. The van der Waals surface area contributed by atoms with Gasteiger partial charge in [-0.1, -0.05) is 19.1 Å². The van der Waals surface area contributed by atoms with Crippen LogP contribution >= 0.6 is 0 Å². The van der Waals surface area contributed by atoms with Gasteiger partial charge in [0.25, 0.3) is 5.91 Å². The quantitative estimate of drug-likeness (QED) is 0.806. The summed E-state index contributed by atoms with van der Waals surface area (Å²) in [6, 6.07) is 11.9. The molecule has 2 rings (SSSR count). The van der Waals surface area contributed by atoms with Crippen molar-refractivity contribution >= 4 is 21.6 Å². The van der Waals surface area contributed by atoms with Gasteiger partial charge in [-0.2, -0.15) is 0 Å². The Morgan fingerprint density at radius 3 is 2.46 bits per heavy atom. The molecule has 0 saturated heterocycles. The number of anilines is 1. The average molecular weight is 376 g/mol. The number of ether oxygens (including phenoxy) is 1. The predicted molar refractivity (Wildman–Crippen MR) is 102 cm³/mol. The third kappa shape index (κ3) is 4.23. The summed E-state index contributed by atoms with van der Waals surface area (Å²) in [5.41, 5.74) is 1.98. The van der Waals surface area contributed by atoms with Crippen LogP contribution in [0.2, 0.25) is 0 Å². The predicted octanol–water partition coefficient (Wildman–Crippen LogP) is 2.97. The SMILES string of the molecule is CCNS(=O)(=O)c1ccc(OC)c(C(=O)N(CC)c2cccc(C)c2)c1. The molecule has 0 fully saturated rings. The number of nitrogens with one attached hydrogen (secondary N) is 1. The number of carbonyl (C=O) groups excluding carboxylic acids is 1. The zero-order chi connectivity index (χ0) is 19.3. The minimum Gasteiger partial charge on any atom is -0.496 e. The van der Waals surface area contributed by atoms with Crippen molar-refractivity contribution in [2.45, 2.75) is 25.7 Å². The van der Waals surface area contributed by atoms with Gasteiger partial charge in [0, 0.05) is 18.8 Å². The van der Waals surface area contributed by atoms with E-state index in [1.165, 1.54) is 25.3 Å². The third-order valence-electron chi connectivity index (χ3n) is 3.92. The summed E-state index contributed by atoms with van der Waals surface area (Å²) < 4.78 is 32.3. The molecular formula is C19H24N2O4S. The van der Waals surface area contributed by atoms with Crippen molar-refractivity contribution in [2.24, 2.45) is 0 Å². The van der Waals surface area contributed by atoms with Crippen LogP contribution in [-0.4, -0.2) is 34.5 Å². The molecule has 7 heteroatoms. The first-order valence-corrected chi connectivity index (χ1v) is 9.88. The number of carbonyl (C=O) groups is 1. The maximum atomic E-state index is 13.1. The van der Waals surface area contributed by atoms with E-state index in [1.807, 2.05) is 38.1 Å². The van der Waals surface area contributed by atoms with E-state index in [0.717, 1.165) is 11.3 Å². The Morgan fingerprint density at radius 1 is 1.15 bits per heavy atom. The van der Waals surface area contributed by atoms with Crippen LogP contribution in [0.5, 0.6) is 5.75 Å². The number of aryl methyl sites for hydroxylation is 1. The molecule has 140 valence electrons. The van der Waals surface area contributed by atoms with Gasteiger partial charge in [-0.15, -0.1) is 0 Å². The van der Waals surface area contributed by atoms with Crippen molar-refractivity contribution in [3.8, 4) is 5.75 Å². The van der Waals surface area contributed by atoms with E-state index in [1.54, 1.807) is 11.8 Å². The summed E-state index contributed by atoms with van der Waals surface area (Å²) in [6.45, 7) is 6.22. The number of rotatable bonds is 7. The number of sulfonamides is 1. The second-order valence-electron chi connectivity index (χ2n) is 5.75. The van der Waals surface area contributed by atoms with Crippen LogP contribution in [0.25, 0.3) is 0 Å². The maximum Gasteiger partial charge on any atom is 0.262 e. The fraction of sp³-hybridized carbons (Fsp3) is 0.316. The molecule has 0 aliphatic carbocycles. The highest BCUT2D eigenvalue weighted by Gasteiger charge is 2.23. The number of nitrogens with zero attached hydrogens (tertiary/aromatic N) is 1. The number of hydrogen-bond acceptors (Lipinski definition) is 4. The number of methoxy groups -OCH3 is 1. The molecule has 0 unspecified atom stereocenters. The van der Waals surface area contributed by atoms with Gasteiger partial charge in [0.1, 0.15) is 5.75 Å². The lowest BCUT2D eigenvalue weighted by Gasteiger charge is -2.23. The Morgan fingerprint density at radius 2 is 1.88 bits per heavy atom. The van der Waals surface area contributed by atoms with E-state index < -0.39 is 10.0 Å². The van der Waals surface area contributed by atoms with Gasteiger partial charge in [0.15, 0.2) is 0 Å². The van der Waals surface area contributed by atoms with Crippen LogP contribution in [0.1, 0.15) is 29.8 Å². The van der Waals surface area contributed by atoms with Crippen molar-refractivity contribution in [1.82, 2.24) is 4.72 Å². The van der Waals surface area contributed by atoms with Crippen molar-refractivity contribution in [2.75, 3.05) is 25.1 Å². The first kappa shape index (κ1) is 19.9. The van der Waals surface area contributed by atoms with Crippen LogP contribution in [-0.2, 0) is 10.0 Å². The summed E-state index contributed by atoms with van der Waals surface area (Å²) in [7, 11) is -2.22. The summed E-state index contributed by atoms with van der Waals surface area (Å²) in [5, 5.41) is 0. The topological polar surface area (TPSA) is 75.7 Å². The van der Waals surface area contributed by atoms with Gasteiger partial charge >= 0.3 is 0 Å². The zero-order valence-electron chi connectivity index (χ0n) is 15.4. The maximum absolute atomic E-state index is 13.1. The largest absolute Gasteiger partial charge is 0.496 e. The van der Waals surface area contributed by atoms with E-state index in [9.17, 15) is 13.2 Å². The molecule has 0 aliphatic heterocycles. The molecule has 6 nitrogen and oxygen atoms in total. The normalized spacial score (nSPS) is 11.2. The third-order valence-corrected chi connectivity index (χ3v) is 5.46. The van der Waals surface area contributed by atoms with E-state index in [2.05, 4.69) is 4.72 Å². The van der Waals surface area contributed by atoms with E-state index in [4.69, 9.17) is 4.74 Å². The molecule has 0 aromatic heterocycles. The van der Waals surface area contributed by atoms with Crippen LogP contribution in [0, 0.1) is 6.92 Å². The first-order chi connectivity index (χ1) is 12.3. The molecule has 0 radical (unpaired) electrons. The van der Waals surface area contributed by atoms with Crippen LogP contribution in [0.15, 0.2) is 47.4 Å². The lowest BCUT2D eigenvalue weighted by Crippen LogP contribution is -2.31. The standard InChI is InChI=1S/C19H24N2O4S/c1-5-20-26(23,24)16-10-11-18(25-4)17(13-16)19(22)21(6-2)15-9-7-8-14(3)12-15/h7-13,20H,5-6H2,1-4H3. The summed E-state index contributed by atoms with van der Waals surface area (Å²) in [6.07, 6.45) is 0. The van der Waals surface area contributed by atoms with Gasteiger partial charge in [0.2, 0.25) is 10.0 Å². The van der Waals surface area contributed by atoms with Crippen molar-refractivity contribution in [3.05, 3.63) is 53.6 Å². The van der Waals surface area contributed by atoms with Crippen molar-refractivity contribution < 1.29 is 17.9 Å². The highest BCUT2D eigenvalue weighted by Crippen LogP contribution is 2.26. The molecule has 0 spiro atoms. The minimum absolute atomic E-state index is 0.0313. The number of benzene rings is 2. The molecule has 2 aromatic carbocycles. The molecule has 0 bridgehead atoms. The fourth-order valence-electron chi connectivity index (χ4n) is 2.68. The molecule has 1 amide bonds. The van der Waals surface area contributed by atoms with Crippen LogP contribution in [0.4, 0.5) is 5.69 Å². The van der Waals surface area contributed by atoms with Gasteiger partial charge in [-0.25, -0.2) is 13.1 Å². The average Bonchev–Trinajstić information content (AvgIpc) is 2.61. The second-order valence-corrected chi connectivity index (χ2v) is 7.52. The van der Waals surface area contributed by atoms with Crippen molar-refractivity contribution in [3.63, 3.8) is 0 Å². The zero-order valence-corrected chi connectivity index (χ0v) is 16.3. The molecular weight excluding hydrogens is 352 g/mol. The van der Waals surface area contributed by atoms with Gasteiger partial charge < -0.3 is 9.64 Å². The lowest BCUT2D eigenvalue weighted by atomic mass is 10.1. The highest BCUT2D eigenvalue weighted by atomic mass is 32.2. The summed E-state index contributed by atoms with van der Waals surface area (Å²) >= 11 is 0. The fourth-order valence-corrected chi connectivity index (χ4v) is 3.75. The number of amides is 1. The summed E-state index contributed by atoms with van der Waals surface area (Å²) in [4.78, 5) is 14.8. The highest BCUT2D eigenvalue weighted by molar-refractivity contribution is 7.89.